The van der Waals surface area contributed by atoms with Gasteiger partial charge in [-0.2, -0.15) is 0 Å². The summed E-state index contributed by atoms with van der Waals surface area (Å²) >= 11 is 0. The first kappa shape index (κ1) is 16.5. The van der Waals surface area contributed by atoms with E-state index in [9.17, 15) is 9.59 Å². The van der Waals surface area contributed by atoms with E-state index in [4.69, 9.17) is 18.9 Å². The molecule has 0 aromatic rings. The van der Waals surface area contributed by atoms with Gasteiger partial charge in [0.1, 0.15) is 0 Å². The van der Waals surface area contributed by atoms with E-state index < -0.39 is 11.9 Å². The van der Waals surface area contributed by atoms with Crippen LogP contribution in [0.4, 0.5) is 0 Å². The molecule has 1 heterocycles. The van der Waals surface area contributed by atoms with Crippen molar-refractivity contribution < 1.29 is 28.5 Å². The predicted molar refractivity (Wildman–Crippen MR) is 78.0 cm³/mol. The minimum atomic E-state index is -0.483. The van der Waals surface area contributed by atoms with Crippen LogP contribution in [-0.2, 0) is 28.5 Å². The van der Waals surface area contributed by atoms with E-state index >= 15 is 0 Å². The SMILES string of the molecule is C=CCOCC1=C(C(=O)OC)CC2COCC2=C1C(=O)OC. The molecule has 0 aromatic carbocycles. The average molecular weight is 308 g/mol. The minimum absolute atomic E-state index is 0.00588. The summed E-state index contributed by atoms with van der Waals surface area (Å²) in [6.45, 7) is 4.88. The molecule has 6 heteroatoms. The fourth-order valence-corrected chi connectivity index (χ4v) is 2.79. The number of rotatable bonds is 6. The van der Waals surface area contributed by atoms with Crippen LogP contribution in [0.25, 0.3) is 0 Å². The predicted octanol–water partition coefficient (Wildman–Crippen LogP) is 1.18. The number of carbonyl (C=O) groups excluding carboxylic acids is 2. The number of fused-ring (bicyclic) bond motifs is 1. The van der Waals surface area contributed by atoms with Gasteiger partial charge in [-0.1, -0.05) is 6.08 Å². The van der Waals surface area contributed by atoms with E-state index in [0.29, 0.717) is 43.0 Å². The van der Waals surface area contributed by atoms with Gasteiger partial charge in [0.2, 0.25) is 0 Å². The van der Waals surface area contributed by atoms with Crippen LogP contribution < -0.4 is 0 Å². The van der Waals surface area contributed by atoms with Gasteiger partial charge in [-0.15, -0.1) is 6.58 Å². The fourth-order valence-electron chi connectivity index (χ4n) is 2.79. The van der Waals surface area contributed by atoms with Gasteiger partial charge in [0, 0.05) is 17.1 Å². The first-order chi connectivity index (χ1) is 10.6. The van der Waals surface area contributed by atoms with E-state index in [-0.39, 0.29) is 12.5 Å². The summed E-state index contributed by atoms with van der Waals surface area (Å²) in [5.74, 6) is -0.931. The Kier molecular flexibility index (Phi) is 5.51. The lowest BCUT2D eigenvalue weighted by Crippen LogP contribution is -2.26. The van der Waals surface area contributed by atoms with Crippen molar-refractivity contribution in [2.45, 2.75) is 6.42 Å². The maximum Gasteiger partial charge on any atom is 0.338 e. The molecule has 2 aliphatic rings. The van der Waals surface area contributed by atoms with Gasteiger partial charge in [-0.05, 0) is 12.0 Å². The molecule has 0 saturated carbocycles. The van der Waals surface area contributed by atoms with Crippen molar-refractivity contribution >= 4 is 11.9 Å². The molecule has 1 aliphatic carbocycles. The highest BCUT2D eigenvalue weighted by atomic mass is 16.5. The molecule has 1 saturated heterocycles. The van der Waals surface area contributed by atoms with Crippen molar-refractivity contribution in [3.05, 3.63) is 34.9 Å². The Labute approximate surface area is 129 Å². The summed E-state index contributed by atoms with van der Waals surface area (Å²) in [6, 6.07) is 0. The molecule has 0 aromatic heterocycles. The lowest BCUT2D eigenvalue weighted by atomic mass is 9.80. The van der Waals surface area contributed by atoms with Crippen LogP contribution in [0.15, 0.2) is 34.9 Å². The summed E-state index contributed by atoms with van der Waals surface area (Å²) in [5, 5.41) is 0. The van der Waals surface area contributed by atoms with E-state index in [1.165, 1.54) is 14.2 Å². The van der Waals surface area contributed by atoms with Crippen LogP contribution in [0.5, 0.6) is 0 Å². The Bertz CT molecular complexity index is 543. The second kappa shape index (κ2) is 7.38. The maximum absolute atomic E-state index is 12.2. The standard InChI is InChI=1S/C16H20O6/c1-4-5-21-9-13-11(15(17)19-2)6-10-7-22-8-12(10)14(13)16(18)20-3/h4,10H,1,5-9H2,2-3H3. The maximum atomic E-state index is 12.2. The quantitative estimate of drug-likeness (QED) is 0.417. The van der Waals surface area contributed by atoms with Gasteiger partial charge >= 0.3 is 11.9 Å². The number of carbonyl (C=O) groups is 2. The molecule has 22 heavy (non-hydrogen) atoms. The second-order valence-corrected chi connectivity index (χ2v) is 5.06. The van der Waals surface area contributed by atoms with Crippen molar-refractivity contribution in [1.29, 1.82) is 0 Å². The van der Waals surface area contributed by atoms with E-state index in [1.54, 1.807) is 6.08 Å². The van der Waals surface area contributed by atoms with E-state index in [0.717, 1.165) is 5.57 Å². The lowest BCUT2D eigenvalue weighted by Gasteiger charge is -2.25. The molecular formula is C16H20O6. The van der Waals surface area contributed by atoms with Gasteiger partial charge < -0.3 is 18.9 Å². The van der Waals surface area contributed by atoms with Crippen molar-refractivity contribution in [2.75, 3.05) is 40.6 Å². The first-order valence-corrected chi connectivity index (χ1v) is 7.02. The van der Waals surface area contributed by atoms with Crippen LogP contribution >= 0.6 is 0 Å². The number of hydrogen-bond donors (Lipinski definition) is 0. The monoisotopic (exact) mass is 308 g/mol. The zero-order valence-electron chi connectivity index (χ0n) is 12.8. The van der Waals surface area contributed by atoms with Crippen LogP contribution in [0, 0.1) is 5.92 Å². The molecule has 0 radical (unpaired) electrons. The third kappa shape index (κ3) is 3.13. The normalized spacial score (nSPS) is 20.7. The number of esters is 2. The summed E-state index contributed by atoms with van der Waals surface area (Å²) in [6.07, 6.45) is 2.09. The molecule has 0 bridgehead atoms. The van der Waals surface area contributed by atoms with Gasteiger partial charge in [0.15, 0.2) is 0 Å². The highest BCUT2D eigenvalue weighted by molar-refractivity contribution is 6.00. The smallest absolute Gasteiger partial charge is 0.338 e. The Morgan fingerprint density at radius 3 is 2.68 bits per heavy atom. The summed E-state index contributed by atoms with van der Waals surface area (Å²) < 4.78 is 20.6. The second-order valence-electron chi connectivity index (χ2n) is 5.06. The van der Waals surface area contributed by atoms with E-state index in [2.05, 4.69) is 6.58 Å². The third-order valence-electron chi connectivity index (χ3n) is 3.81. The van der Waals surface area contributed by atoms with Gasteiger partial charge in [0.05, 0.1) is 46.2 Å². The molecule has 0 N–H and O–H groups in total. The number of hydrogen-bond acceptors (Lipinski definition) is 6. The first-order valence-electron chi connectivity index (χ1n) is 7.02. The van der Waals surface area contributed by atoms with Crippen molar-refractivity contribution in [3.63, 3.8) is 0 Å². The van der Waals surface area contributed by atoms with E-state index in [1.807, 2.05) is 0 Å². The van der Waals surface area contributed by atoms with Crippen LogP contribution in [-0.4, -0.2) is 52.6 Å². The number of methoxy groups -OCH3 is 2. The highest BCUT2D eigenvalue weighted by Crippen LogP contribution is 2.39. The van der Waals surface area contributed by atoms with Crippen LogP contribution in [0.2, 0.25) is 0 Å². The van der Waals surface area contributed by atoms with Crippen molar-refractivity contribution in [2.24, 2.45) is 5.92 Å². The Morgan fingerprint density at radius 1 is 1.32 bits per heavy atom. The molecule has 2 rings (SSSR count). The molecule has 0 spiro atoms. The van der Waals surface area contributed by atoms with Gasteiger partial charge in [-0.3, -0.25) is 0 Å². The molecule has 1 unspecified atom stereocenters. The van der Waals surface area contributed by atoms with Crippen molar-refractivity contribution in [1.82, 2.24) is 0 Å². The largest absolute Gasteiger partial charge is 0.466 e. The minimum Gasteiger partial charge on any atom is -0.466 e. The van der Waals surface area contributed by atoms with Crippen molar-refractivity contribution in [3.8, 4) is 0 Å². The molecule has 1 atom stereocenters. The Balaban J connectivity index is 2.47. The number of ether oxygens (including phenoxy) is 4. The zero-order chi connectivity index (χ0) is 16.1. The molecule has 0 amide bonds. The summed E-state index contributed by atoms with van der Waals surface area (Å²) in [5.41, 5.74) is 2.24. The summed E-state index contributed by atoms with van der Waals surface area (Å²) in [7, 11) is 2.63. The average Bonchev–Trinajstić information content (AvgIpc) is 3.00. The lowest BCUT2D eigenvalue weighted by molar-refractivity contribution is -0.136. The fraction of sp³-hybridized carbons (Fsp3) is 0.500. The Morgan fingerprint density at radius 2 is 2.05 bits per heavy atom. The zero-order valence-corrected chi connectivity index (χ0v) is 12.8. The van der Waals surface area contributed by atoms with Crippen LogP contribution in [0.1, 0.15) is 6.42 Å². The molecule has 1 aliphatic heterocycles. The van der Waals surface area contributed by atoms with Gasteiger partial charge in [0.25, 0.3) is 0 Å². The Hall–Kier alpha value is -1.92. The third-order valence-corrected chi connectivity index (χ3v) is 3.81. The molecule has 120 valence electrons. The van der Waals surface area contributed by atoms with Gasteiger partial charge in [-0.25, -0.2) is 9.59 Å². The summed E-state index contributed by atoms with van der Waals surface area (Å²) in [4.78, 5) is 24.3. The van der Waals surface area contributed by atoms with Crippen LogP contribution in [0.3, 0.4) is 0 Å². The highest BCUT2D eigenvalue weighted by Gasteiger charge is 2.38. The molecule has 6 nitrogen and oxygen atoms in total. The molecular weight excluding hydrogens is 288 g/mol. The molecule has 1 fully saturated rings. The topological polar surface area (TPSA) is 71.1 Å².